The van der Waals surface area contributed by atoms with E-state index in [1.165, 1.54) is 4.90 Å². The lowest BCUT2D eigenvalue weighted by Gasteiger charge is -2.34. The SMILES string of the molecule is CC(C)(C)OC(=O)CN1CCC(=O)N(CC(=O)O)C2=CC=CCC21. The molecule has 0 aromatic carbocycles. The van der Waals surface area contributed by atoms with Crippen molar-refractivity contribution in [2.75, 3.05) is 19.6 Å². The highest BCUT2D eigenvalue weighted by molar-refractivity contribution is 5.84. The van der Waals surface area contributed by atoms with Crippen molar-refractivity contribution in [2.45, 2.75) is 45.3 Å². The number of allylic oxidation sites excluding steroid dienone is 2. The van der Waals surface area contributed by atoms with Gasteiger partial charge in [-0.25, -0.2) is 0 Å². The summed E-state index contributed by atoms with van der Waals surface area (Å²) in [5.74, 6) is -1.65. The van der Waals surface area contributed by atoms with Crippen molar-refractivity contribution in [3.8, 4) is 0 Å². The summed E-state index contributed by atoms with van der Waals surface area (Å²) in [7, 11) is 0. The highest BCUT2D eigenvalue weighted by Crippen LogP contribution is 2.27. The van der Waals surface area contributed by atoms with E-state index in [1.807, 2.05) is 17.1 Å². The van der Waals surface area contributed by atoms with Crippen LogP contribution in [-0.4, -0.2) is 64.0 Å². The van der Waals surface area contributed by atoms with Crippen LogP contribution in [0.25, 0.3) is 0 Å². The van der Waals surface area contributed by atoms with Crippen molar-refractivity contribution < 1.29 is 24.2 Å². The molecule has 1 N–H and O–H groups in total. The summed E-state index contributed by atoms with van der Waals surface area (Å²) in [5, 5.41) is 9.08. The van der Waals surface area contributed by atoms with E-state index in [1.54, 1.807) is 26.8 Å². The molecule has 1 fully saturated rings. The van der Waals surface area contributed by atoms with Crippen LogP contribution >= 0.6 is 0 Å². The second-order valence-corrected chi connectivity index (χ2v) is 6.95. The molecule has 0 saturated carbocycles. The number of carbonyl (C=O) groups is 3. The molecule has 2 aliphatic rings. The Kier molecular flexibility index (Phi) is 5.43. The lowest BCUT2D eigenvalue weighted by Crippen LogP contribution is -2.44. The van der Waals surface area contributed by atoms with Gasteiger partial charge in [0.1, 0.15) is 12.1 Å². The number of aliphatic carboxylic acids is 1. The number of nitrogens with zero attached hydrogens (tertiary/aromatic N) is 2. The molecule has 1 aliphatic carbocycles. The molecule has 1 saturated heterocycles. The number of carboxylic acid groups (broad SMARTS) is 1. The summed E-state index contributed by atoms with van der Waals surface area (Å²) in [6.07, 6.45) is 6.31. The molecule has 7 heteroatoms. The molecular formula is C17H24N2O5. The number of rotatable bonds is 4. The van der Waals surface area contributed by atoms with Crippen LogP contribution in [0.4, 0.5) is 0 Å². The fourth-order valence-electron chi connectivity index (χ4n) is 2.93. The van der Waals surface area contributed by atoms with Gasteiger partial charge in [-0.3, -0.25) is 19.3 Å². The highest BCUT2D eigenvalue weighted by Gasteiger charge is 2.35. The molecular weight excluding hydrogens is 312 g/mol. The number of hydrogen-bond acceptors (Lipinski definition) is 5. The van der Waals surface area contributed by atoms with Crippen LogP contribution in [0.3, 0.4) is 0 Å². The maximum Gasteiger partial charge on any atom is 0.323 e. The molecule has 24 heavy (non-hydrogen) atoms. The smallest absolute Gasteiger partial charge is 0.323 e. The molecule has 0 bridgehead atoms. The molecule has 1 atom stereocenters. The molecule has 2 rings (SSSR count). The summed E-state index contributed by atoms with van der Waals surface area (Å²) in [6, 6.07) is -0.201. The average Bonchev–Trinajstić information content (AvgIpc) is 2.57. The number of carbonyl (C=O) groups excluding carboxylic acids is 2. The minimum absolute atomic E-state index is 0.0707. The van der Waals surface area contributed by atoms with Crippen molar-refractivity contribution in [1.82, 2.24) is 9.80 Å². The Hall–Kier alpha value is -2.15. The van der Waals surface area contributed by atoms with Crippen molar-refractivity contribution in [3.05, 3.63) is 23.9 Å². The van der Waals surface area contributed by atoms with Gasteiger partial charge < -0.3 is 14.7 Å². The molecule has 1 heterocycles. The van der Waals surface area contributed by atoms with Gasteiger partial charge >= 0.3 is 11.9 Å². The van der Waals surface area contributed by atoms with E-state index in [0.717, 1.165) is 0 Å². The number of amides is 1. The van der Waals surface area contributed by atoms with Crippen molar-refractivity contribution in [1.29, 1.82) is 0 Å². The normalized spacial score (nSPS) is 21.8. The van der Waals surface area contributed by atoms with Gasteiger partial charge in [-0.2, -0.15) is 0 Å². The quantitative estimate of drug-likeness (QED) is 0.775. The van der Waals surface area contributed by atoms with Crippen LogP contribution in [-0.2, 0) is 19.1 Å². The van der Waals surface area contributed by atoms with E-state index >= 15 is 0 Å². The number of esters is 1. The first kappa shape index (κ1) is 18.2. The first-order chi connectivity index (χ1) is 11.2. The minimum Gasteiger partial charge on any atom is -0.480 e. The number of fused-ring (bicyclic) bond motifs is 1. The predicted molar refractivity (Wildman–Crippen MR) is 87.0 cm³/mol. The second-order valence-electron chi connectivity index (χ2n) is 6.95. The third-order valence-corrected chi connectivity index (χ3v) is 3.82. The predicted octanol–water partition coefficient (Wildman–Crippen LogP) is 1.16. The molecule has 132 valence electrons. The molecule has 0 aromatic rings. The van der Waals surface area contributed by atoms with Crippen LogP contribution in [0.1, 0.15) is 33.6 Å². The largest absolute Gasteiger partial charge is 0.480 e. The maximum atomic E-state index is 12.3. The Balaban J connectivity index is 2.19. The fourth-order valence-corrected chi connectivity index (χ4v) is 2.93. The molecule has 1 amide bonds. The van der Waals surface area contributed by atoms with Crippen molar-refractivity contribution in [2.24, 2.45) is 0 Å². The number of carboxylic acids is 1. The zero-order chi connectivity index (χ0) is 17.9. The highest BCUT2D eigenvalue weighted by atomic mass is 16.6. The molecule has 1 aliphatic heterocycles. The van der Waals surface area contributed by atoms with Crippen LogP contribution in [0.15, 0.2) is 23.9 Å². The average molecular weight is 336 g/mol. The van der Waals surface area contributed by atoms with E-state index in [0.29, 0.717) is 18.7 Å². The van der Waals surface area contributed by atoms with Gasteiger partial charge in [0, 0.05) is 18.7 Å². The van der Waals surface area contributed by atoms with Gasteiger partial charge in [-0.05, 0) is 33.3 Å². The van der Waals surface area contributed by atoms with Crippen LogP contribution in [0.5, 0.6) is 0 Å². The van der Waals surface area contributed by atoms with Crippen molar-refractivity contribution >= 4 is 17.8 Å². The van der Waals surface area contributed by atoms with Crippen LogP contribution in [0.2, 0.25) is 0 Å². The zero-order valence-electron chi connectivity index (χ0n) is 14.3. The molecule has 0 spiro atoms. The lowest BCUT2D eigenvalue weighted by atomic mass is 10.0. The van der Waals surface area contributed by atoms with Gasteiger partial charge in [0.2, 0.25) is 5.91 Å². The van der Waals surface area contributed by atoms with E-state index in [4.69, 9.17) is 9.84 Å². The van der Waals surface area contributed by atoms with Gasteiger partial charge in [-0.15, -0.1) is 0 Å². The third kappa shape index (κ3) is 4.67. The van der Waals surface area contributed by atoms with E-state index in [-0.39, 0.29) is 37.4 Å². The topological polar surface area (TPSA) is 87.2 Å². The Morgan fingerprint density at radius 3 is 2.67 bits per heavy atom. The van der Waals surface area contributed by atoms with E-state index < -0.39 is 11.6 Å². The Morgan fingerprint density at radius 2 is 2.04 bits per heavy atom. The van der Waals surface area contributed by atoms with Gasteiger partial charge in [0.05, 0.1) is 12.6 Å². The van der Waals surface area contributed by atoms with E-state index in [2.05, 4.69) is 0 Å². The molecule has 1 unspecified atom stereocenters. The summed E-state index contributed by atoms with van der Waals surface area (Å²) < 4.78 is 5.37. The first-order valence-electron chi connectivity index (χ1n) is 8.02. The molecule has 0 aromatic heterocycles. The van der Waals surface area contributed by atoms with Gasteiger partial charge in [-0.1, -0.05) is 12.2 Å². The van der Waals surface area contributed by atoms with Crippen LogP contribution < -0.4 is 0 Å². The zero-order valence-corrected chi connectivity index (χ0v) is 14.3. The fraction of sp³-hybridized carbons (Fsp3) is 0.588. The van der Waals surface area contributed by atoms with Crippen LogP contribution in [0, 0.1) is 0 Å². The number of hydrogen-bond donors (Lipinski definition) is 1. The maximum absolute atomic E-state index is 12.3. The van der Waals surface area contributed by atoms with E-state index in [9.17, 15) is 14.4 Å². The lowest BCUT2D eigenvalue weighted by molar-refractivity contribution is -0.156. The third-order valence-electron chi connectivity index (χ3n) is 3.82. The monoisotopic (exact) mass is 336 g/mol. The molecule has 7 nitrogen and oxygen atoms in total. The van der Waals surface area contributed by atoms with Gasteiger partial charge in [0.15, 0.2) is 0 Å². The Labute approximate surface area is 141 Å². The summed E-state index contributed by atoms with van der Waals surface area (Å²) in [5.41, 5.74) is 0.0603. The van der Waals surface area contributed by atoms with Gasteiger partial charge in [0.25, 0.3) is 0 Å². The van der Waals surface area contributed by atoms with Crippen molar-refractivity contribution in [3.63, 3.8) is 0 Å². The summed E-state index contributed by atoms with van der Waals surface area (Å²) in [6.45, 7) is 5.51. The summed E-state index contributed by atoms with van der Waals surface area (Å²) in [4.78, 5) is 38.8. The minimum atomic E-state index is -1.06. The summed E-state index contributed by atoms with van der Waals surface area (Å²) >= 11 is 0. The standard InChI is InChI=1S/C17H24N2O5/c1-17(2,3)24-16(23)11-18-9-8-14(20)19(10-15(21)22)13-7-5-4-6-12(13)18/h4-5,7,12H,6,8-11H2,1-3H3,(H,21,22). The first-order valence-corrected chi connectivity index (χ1v) is 8.02. The molecule has 0 radical (unpaired) electrons. The Bertz CT molecular complexity index is 588. The second kappa shape index (κ2) is 7.17. The number of ether oxygens (including phenoxy) is 1. The Morgan fingerprint density at radius 1 is 1.33 bits per heavy atom.